The minimum atomic E-state index is -0.463. The third-order valence-electron chi connectivity index (χ3n) is 4.41. The molecule has 7 heteroatoms. The Kier molecular flexibility index (Phi) is 3.27. The van der Waals surface area contributed by atoms with E-state index in [2.05, 4.69) is 12.4 Å². The fraction of sp³-hybridized carbons (Fsp3) is 0.538. The highest BCUT2D eigenvalue weighted by Crippen LogP contribution is 2.39. The van der Waals surface area contributed by atoms with E-state index in [1.54, 1.807) is 0 Å². The highest BCUT2D eigenvalue weighted by atomic mass is 32.1. The van der Waals surface area contributed by atoms with Crippen LogP contribution in [-0.2, 0) is 22.5 Å². The predicted octanol–water partition coefficient (Wildman–Crippen LogP) is 0.317. The van der Waals surface area contributed by atoms with Crippen molar-refractivity contribution < 1.29 is 18.8 Å². The summed E-state index contributed by atoms with van der Waals surface area (Å²) in [5, 5.41) is 3.18. The lowest BCUT2D eigenvalue weighted by atomic mass is 9.98. The first kappa shape index (κ1) is 13.5. The van der Waals surface area contributed by atoms with Crippen molar-refractivity contribution >= 4 is 28.7 Å². The van der Waals surface area contributed by atoms with Crippen LogP contribution in [0.4, 0.5) is 5.00 Å². The Labute approximate surface area is 121 Å². The van der Waals surface area contributed by atoms with Gasteiger partial charge in [0.2, 0.25) is 6.41 Å². The molecule has 2 aliphatic heterocycles. The average Bonchev–Trinajstić information content (AvgIpc) is 2.63. The minimum Gasteiger partial charge on any atom is -0.369 e. The van der Waals surface area contributed by atoms with Crippen LogP contribution < -0.4 is 11.1 Å². The third kappa shape index (κ3) is 2.02. The molecule has 0 bridgehead atoms. The Hall–Kier alpha value is -1.44. The third-order valence-corrected chi connectivity index (χ3v) is 5.55. The van der Waals surface area contributed by atoms with Crippen molar-refractivity contribution in [1.82, 2.24) is 0 Å². The summed E-state index contributed by atoms with van der Waals surface area (Å²) in [6.07, 6.45) is 1.41. The molecule has 2 aliphatic rings. The van der Waals surface area contributed by atoms with E-state index in [0.29, 0.717) is 23.0 Å². The summed E-state index contributed by atoms with van der Waals surface area (Å²) in [6, 6.07) is 0.532. The van der Waals surface area contributed by atoms with Gasteiger partial charge >= 0.3 is 0 Å². The Morgan fingerprint density at radius 1 is 1.55 bits per heavy atom. The van der Waals surface area contributed by atoms with Crippen molar-refractivity contribution in [2.45, 2.75) is 19.0 Å². The van der Waals surface area contributed by atoms with Gasteiger partial charge < -0.3 is 20.3 Å². The van der Waals surface area contributed by atoms with Crippen molar-refractivity contribution in [1.29, 1.82) is 0 Å². The number of primary amides is 1. The van der Waals surface area contributed by atoms with Gasteiger partial charge in [-0.15, -0.1) is 11.3 Å². The largest absolute Gasteiger partial charge is 0.369 e. The fourth-order valence-electron chi connectivity index (χ4n) is 2.99. The van der Waals surface area contributed by atoms with Crippen LogP contribution in [0.1, 0.15) is 20.8 Å². The van der Waals surface area contributed by atoms with Gasteiger partial charge in [-0.1, -0.05) is 0 Å². The maximum Gasteiger partial charge on any atom is 0.252 e. The molecule has 0 radical (unpaired) electrons. The van der Waals surface area contributed by atoms with E-state index < -0.39 is 5.91 Å². The molecular weight excluding hydrogens is 278 g/mol. The molecule has 20 heavy (non-hydrogen) atoms. The fourth-order valence-corrected chi connectivity index (χ4v) is 4.36. The van der Waals surface area contributed by atoms with Crippen LogP contribution in [-0.4, -0.2) is 49.6 Å². The van der Waals surface area contributed by atoms with Crippen LogP contribution in [0.2, 0.25) is 0 Å². The second kappa shape index (κ2) is 4.83. The standard InChI is InChI=1S/C13H17N3O3S/c1-16(8-5-19-6-8)3-2-9-10(4-16)20-13(15-7-17)11(9)12(14)18/h7-8H,2-6H2,1H3,(H2-,14,15,17,18)/p+1. The second-order valence-electron chi connectivity index (χ2n) is 5.64. The van der Waals surface area contributed by atoms with Crippen molar-refractivity contribution in [2.24, 2.45) is 5.73 Å². The number of amides is 2. The normalized spacial score (nSPS) is 25.6. The molecule has 1 aromatic heterocycles. The van der Waals surface area contributed by atoms with E-state index in [-0.39, 0.29) is 0 Å². The highest BCUT2D eigenvalue weighted by Gasteiger charge is 2.42. The lowest BCUT2D eigenvalue weighted by Crippen LogP contribution is -2.62. The van der Waals surface area contributed by atoms with Crippen molar-refractivity contribution in [3.63, 3.8) is 0 Å². The van der Waals surface area contributed by atoms with E-state index in [9.17, 15) is 9.59 Å². The average molecular weight is 296 g/mol. The number of rotatable bonds is 4. The molecule has 0 spiro atoms. The van der Waals surface area contributed by atoms with Gasteiger partial charge in [-0.2, -0.15) is 0 Å². The van der Waals surface area contributed by atoms with Crippen LogP contribution in [0.25, 0.3) is 0 Å². The van der Waals surface area contributed by atoms with Crippen LogP contribution in [0, 0.1) is 0 Å². The Bertz CT molecular complexity index is 567. The number of nitrogens with zero attached hydrogens (tertiary/aromatic N) is 1. The van der Waals surface area contributed by atoms with Gasteiger partial charge in [-0.05, 0) is 5.56 Å². The monoisotopic (exact) mass is 296 g/mol. The molecule has 0 aromatic carbocycles. The first-order chi connectivity index (χ1) is 9.55. The van der Waals surface area contributed by atoms with E-state index in [1.807, 2.05) is 0 Å². The number of ether oxygens (including phenoxy) is 1. The number of hydrogen-bond donors (Lipinski definition) is 2. The van der Waals surface area contributed by atoms with E-state index in [0.717, 1.165) is 47.6 Å². The predicted molar refractivity (Wildman–Crippen MR) is 75.6 cm³/mol. The number of quaternary nitrogens is 1. The molecule has 1 aromatic rings. The molecule has 1 atom stereocenters. The molecule has 0 aliphatic carbocycles. The van der Waals surface area contributed by atoms with Crippen LogP contribution in [0.15, 0.2) is 0 Å². The summed E-state index contributed by atoms with van der Waals surface area (Å²) in [6.45, 7) is 3.45. The van der Waals surface area contributed by atoms with Crippen LogP contribution in [0.5, 0.6) is 0 Å². The van der Waals surface area contributed by atoms with Crippen LogP contribution >= 0.6 is 11.3 Å². The van der Waals surface area contributed by atoms with Gasteiger partial charge in [-0.3, -0.25) is 9.59 Å². The first-order valence-corrected chi connectivity index (χ1v) is 7.43. The molecule has 3 heterocycles. The number of thiophene rings is 1. The summed E-state index contributed by atoms with van der Waals surface area (Å²) in [4.78, 5) is 23.5. The number of likely N-dealkylation sites (N-methyl/N-ethyl adjacent to an activating group) is 1. The number of carbonyl (C=O) groups excluding carboxylic acids is 2. The van der Waals surface area contributed by atoms with Gasteiger partial charge in [0.15, 0.2) is 0 Å². The number of nitrogens with two attached hydrogens (primary N) is 1. The smallest absolute Gasteiger partial charge is 0.252 e. The Morgan fingerprint density at radius 2 is 2.30 bits per heavy atom. The van der Waals surface area contributed by atoms with Crippen LogP contribution in [0.3, 0.4) is 0 Å². The van der Waals surface area contributed by atoms with Gasteiger partial charge in [0.05, 0.1) is 24.0 Å². The molecule has 3 rings (SSSR count). The zero-order valence-electron chi connectivity index (χ0n) is 11.3. The maximum absolute atomic E-state index is 11.6. The molecule has 6 nitrogen and oxygen atoms in total. The minimum absolute atomic E-state index is 0.463. The number of fused-ring (bicyclic) bond motifs is 1. The first-order valence-electron chi connectivity index (χ1n) is 6.61. The summed E-state index contributed by atoms with van der Waals surface area (Å²) in [5.41, 5.74) is 6.97. The number of carbonyl (C=O) groups is 2. The molecule has 1 fully saturated rings. The maximum atomic E-state index is 11.6. The number of hydrogen-bond acceptors (Lipinski definition) is 4. The molecule has 1 saturated heterocycles. The van der Waals surface area contributed by atoms with E-state index in [1.165, 1.54) is 11.3 Å². The molecule has 1 unspecified atom stereocenters. The molecular formula is C13H18N3O3S+. The van der Waals surface area contributed by atoms with E-state index >= 15 is 0 Å². The van der Waals surface area contributed by atoms with E-state index in [4.69, 9.17) is 10.5 Å². The summed E-state index contributed by atoms with van der Waals surface area (Å²) < 4.78 is 6.24. The SMILES string of the molecule is C[N+]1(C2COC2)CCc2c(sc(NC=O)c2C(N)=O)C1. The van der Waals surface area contributed by atoms with Gasteiger partial charge in [0.1, 0.15) is 30.8 Å². The number of anilines is 1. The summed E-state index contributed by atoms with van der Waals surface area (Å²) in [5.74, 6) is -0.463. The highest BCUT2D eigenvalue weighted by molar-refractivity contribution is 7.16. The zero-order valence-corrected chi connectivity index (χ0v) is 12.2. The van der Waals surface area contributed by atoms with Gasteiger partial charge in [0, 0.05) is 6.42 Å². The Balaban J connectivity index is 1.95. The van der Waals surface area contributed by atoms with Crippen molar-refractivity contribution in [3.8, 4) is 0 Å². The molecule has 108 valence electrons. The van der Waals surface area contributed by atoms with Crippen molar-refractivity contribution in [3.05, 3.63) is 16.0 Å². The van der Waals surface area contributed by atoms with Gasteiger partial charge in [-0.25, -0.2) is 0 Å². The topological polar surface area (TPSA) is 81.4 Å². The molecule has 3 N–H and O–H groups in total. The molecule has 2 amide bonds. The molecule has 0 saturated carbocycles. The Morgan fingerprint density at radius 3 is 2.85 bits per heavy atom. The van der Waals surface area contributed by atoms with Gasteiger partial charge in [0.25, 0.3) is 5.91 Å². The lowest BCUT2D eigenvalue weighted by molar-refractivity contribution is -0.955. The lowest BCUT2D eigenvalue weighted by Gasteiger charge is -2.47. The summed E-state index contributed by atoms with van der Waals surface area (Å²) in [7, 11) is 2.23. The van der Waals surface area contributed by atoms with Crippen molar-refractivity contribution in [2.75, 3.05) is 32.1 Å². The summed E-state index contributed by atoms with van der Waals surface area (Å²) >= 11 is 1.47. The zero-order chi connectivity index (χ0) is 14.3. The quantitative estimate of drug-likeness (QED) is 0.620. The number of nitrogens with one attached hydrogen (secondary N) is 1. The second-order valence-corrected chi connectivity index (χ2v) is 6.74.